The van der Waals surface area contributed by atoms with Crippen LogP contribution in [0.15, 0.2) is 0 Å². The minimum atomic E-state index is 0.367. The summed E-state index contributed by atoms with van der Waals surface area (Å²) in [6.07, 6.45) is 5.63. The molecular weight excluding hydrogens is 252 g/mol. The SMILES string of the molecule is CCNCC1CCN(C(=O)CC2CC(OCC)C2)CC1. The maximum atomic E-state index is 12.3. The minimum Gasteiger partial charge on any atom is -0.378 e. The Bertz CT molecular complexity index is 295. The van der Waals surface area contributed by atoms with E-state index in [4.69, 9.17) is 4.74 Å². The van der Waals surface area contributed by atoms with Crippen LogP contribution in [0.1, 0.15) is 46.0 Å². The third-order valence-electron chi connectivity index (χ3n) is 4.71. The predicted molar refractivity (Wildman–Crippen MR) is 80.6 cm³/mol. The molecule has 0 aromatic rings. The number of likely N-dealkylation sites (tertiary alicyclic amines) is 1. The fourth-order valence-corrected chi connectivity index (χ4v) is 3.32. The average molecular weight is 282 g/mol. The molecule has 0 atom stereocenters. The summed E-state index contributed by atoms with van der Waals surface area (Å²) in [4.78, 5) is 14.3. The van der Waals surface area contributed by atoms with Crippen molar-refractivity contribution in [2.24, 2.45) is 11.8 Å². The summed E-state index contributed by atoms with van der Waals surface area (Å²) in [6, 6.07) is 0. The lowest BCUT2D eigenvalue weighted by Crippen LogP contribution is -2.43. The Hall–Kier alpha value is -0.610. The molecular formula is C16H30N2O2. The van der Waals surface area contributed by atoms with Gasteiger partial charge in [0.05, 0.1) is 6.10 Å². The Morgan fingerprint density at radius 1 is 1.20 bits per heavy atom. The average Bonchev–Trinajstić information content (AvgIpc) is 2.43. The van der Waals surface area contributed by atoms with Crippen LogP contribution in [0.3, 0.4) is 0 Å². The summed E-state index contributed by atoms with van der Waals surface area (Å²) in [5.74, 6) is 1.69. The molecule has 1 aliphatic carbocycles. The van der Waals surface area contributed by atoms with Crippen molar-refractivity contribution in [3.63, 3.8) is 0 Å². The number of nitrogens with zero attached hydrogens (tertiary/aromatic N) is 1. The molecule has 4 heteroatoms. The van der Waals surface area contributed by atoms with Gasteiger partial charge in [0, 0.05) is 26.1 Å². The molecule has 0 bridgehead atoms. The first-order valence-electron chi connectivity index (χ1n) is 8.33. The Balaban J connectivity index is 1.60. The summed E-state index contributed by atoms with van der Waals surface area (Å²) < 4.78 is 5.55. The normalized spacial score (nSPS) is 27.4. The topological polar surface area (TPSA) is 41.6 Å². The van der Waals surface area contributed by atoms with Crippen molar-refractivity contribution >= 4 is 5.91 Å². The number of carbonyl (C=O) groups is 1. The Morgan fingerprint density at radius 3 is 2.50 bits per heavy atom. The zero-order valence-electron chi connectivity index (χ0n) is 13.1. The van der Waals surface area contributed by atoms with Gasteiger partial charge < -0.3 is 15.0 Å². The van der Waals surface area contributed by atoms with Crippen molar-refractivity contribution < 1.29 is 9.53 Å². The second-order valence-corrected chi connectivity index (χ2v) is 6.25. The zero-order valence-corrected chi connectivity index (χ0v) is 13.1. The highest BCUT2D eigenvalue weighted by Crippen LogP contribution is 2.33. The summed E-state index contributed by atoms with van der Waals surface area (Å²) >= 11 is 0. The van der Waals surface area contributed by atoms with E-state index in [1.807, 2.05) is 6.92 Å². The van der Waals surface area contributed by atoms with E-state index in [0.29, 0.717) is 17.9 Å². The lowest BCUT2D eigenvalue weighted by atomic mass is 9.79. The highest BCUT2D eigenvalue weighted by Gasteiger charge is 2.33. The fraction of sp³-hybridized carbons (Fsp3) is 0.938. The molecule has 1 amide bonds. The van der Waals surface area contributed by atoms with Gasteiger partial charge in [0.15, 0.2) is 0 Å². The molecule has 20 heavy (non-hydrogen) atoms. The number of amides is 1. The quantitative estimate of drug-likeness (QED) is 0.777. The maximum absolute atomic E-state index is 12.3. The van der Waals surface area contributed by atoms with Gasteiger partial charge in [0.2, 0.25) is 5.91 Å². The fourth-order valence-electron chi connectivity index (χ4n) is 3.32. The van der Waals surface area contributed by atoms with E-state index in [1.54, 1.807) is 0 Å². The van der Waals surface area contributed by atoms with Gasteiger partial charge in [0.25, 0.3) is 0 Å². The third kappa shape index (κ3) is 4.45. The van der Waals surface area contributed by atoms with Crippen molar-refractivity contribution in [2.45, 2.75) is 52.1 Å². The van der Waals surface area contributed by atoms with Crippen LogP contribution in [0, 0.1) is 11.8 Å². The molecule has 0 aromatic heterocycles. The molecule has 2 fully saturated rings. The lowest BCUT2D eigenvalue weighted by molar-refractivity contribution is -0.135. The minimum absolute atomic E-state index is 0.367. The highest BCUT2D eigenvalue weighted by atomic mass is 16.5. The lowest BCUT2D eigenvalue weighted by Gasteiger charge is -2.37. The van der Waals surface area contributed by atoms with E-state index in [-0.39, 0.29) is 0 Å². The molecule has 0 radical (unpaired) electrons. The van der Waals surface area contributed by atoms with Gasteiger partial charge in [-0.15, -0.1) is 0 Å². The van der Waals surface area contributed by atoms with Crippen LogP contribution < -0.4 is 5.32 Å². The van der Waals surface area contributed by atoms with Crippen LogP contribution in [0.25, 0.3) is 0 Å². The van der Waals surface area contributed by atoms with Crippen LogP contribution in [-0.2, 0) is 9.53 Å². The van der Waals surface area contributed by atoms with Gasteiger partial charge in [-0.3, -0.25) is 4.79 Å². The van der Waals surface area contributed by atoms with E-state index in [1.165, 1.54) is 0 Å². The Kier molecular flexibility index (Phi) is 6.30. The molecule has 0 aromatic carbocycles. The van der Waals surface area contributed by atoms with Crippen LogP contribution in [0.4, 0.5) is 0 Å². The monoisotopic (exact) mass is 282 g/mol. The van der Waals surface area contributed by atoms with Crippen LogP contribution in [0.2, 0.25) is 0 Å². The summed E-state index contributed by atoms with van der Waals surface area (Å²) in [5.41, 5.74) is 0. The molecule has 2 rings (SSSR count). The molecule has 4 nitrogen and oxygen atoms in total. The van der Waals surface area contributed by atoms with E-state index in [0.717, 1.165) is 70.8 Å². The molecule has 1 N–H and O–H groups in total. The van der Waals surface area contributed by atoms with E-state index >= 15 is 0 Å². The predicted octanol–water partition coefficient (Wildman–Crippen LogP) is 2.04. The smallest absolute Gasteiger partial charge is 0.222 e. The molecule has 1 heterocycles. The molecule has 0 spiro atoms. The molecule has 1 saturated heterocycles. The van der Waals surface area contributed by atoms with E-state index < -0.39 is 0 Å². The van der Waals surface area contributed by atoms with E-state index in [9.17, 15) is 4.79 Å². The standard InChI is InChI=1S/C16H30N2O2/c1-3-17-12-13-5-7-18(8-6-13)16(19)11-14-9-15(10-14)20-4-2/h13-15,17H,3-12H2,1-2H3. The van der Waals surface area contributed by atoms with Crippen LogP contribution in [0.5, 0.6) is 0 Å². The van der Waals surface area contributed by atoms with Gasteiger partial charge in [-0.25, -0.2) is 0 Å². The number of hydrogen-bond acceptors (Lipinski definition) is 3. The molecule has 1 saturated carbocycles. The molecule has 1 aliphatic heterocycles. The molecule has 0 unspecified atom stereocenters. The maximum Gasteiger partial charge on any atom is 0.222 e. The van der Waals surface area contributed by atoms with E-state index in [2.05, 4.69) is 17.1 Å². The van der Waals surface area contributed by atoms with Gasteiger partial charge in [0.1, 0.15) is 0 Å². The van der Waals surface area contributed by atoms with Crippen LogP contribution in [-0.4, -0.2) is 49.7 Å². The Labute approximate surface area is 123 Å². The first kappa shape index (κ1) is 15.8. The number of nitrogens with one attached hydrogen (secondary N) is 1. The number of rotatable bonds is 7. The van der Waals surface area contributed by atoms with Gasteiger partial charge in [-0.1, -0.05) is 6.92 Å². The van der Waals surface area contributed by atoms with Crippen LogP contribution >= 0.6 is 0 Å². The number of piperidine rings is 1. The van der Waals surface area contributed by atoms with Gasteiger partial charge in [-0.2, -0.15) is 0 Å². The number of carbonyl (C=O) groups excluding carboxylic acids is 1. The number of ether oxygens (including phenoxy) is 1. The van der Waals surface area contributed by atoms with Crippen molar-refractivity contribution in [3.8, 4) is 0 Å². The first-order chi connectivity index (χ1) is 9.72. The van der Waals surface area contributed by atoms with Gasteiger partial charge in [-0.05, 0) is 57.5 Å². The van der Waals surface area contributed by atoms with Crippen molar-refractivity contribution in [1.82, 2.24) is 10.2 Å². The number of hydrogen-bond donors (Lipinski definition) is 1. The highest BCUT2D eigenvalue weighted by molar-refractivity contribution is 5.76. The van der Waals surface area contributed by atoms with Crippen molar-refractivity contribution in [1.29, 1.82) is 0 Å². The van der Waals surface area contributed by atoms with Crippen molar-refractivity contribution in [3.05, 3.63) is 0 Å². The zero-order chi connectivity index (χ0) is 14.4. The third-order valence-corrected chi connectivity index (χ3v) is 4.71. The largest absolute Gasteiger partial charge is 0.378 e. The summed E-state index contributed by atoms with van der Waals surface area (Å²) in [6.45, 7) is 9.04. The van der Waals surface area contributed by atoms with Gasteiger partial charge >= 0.3 is 0 Å². The second kappa shape index (κ2) is 7.99. The summed E-state index contributed by atoms with van der Waals surface area (Å²) in [7, 11) is 0. The van der Waals surface area contributed by atoms with Crippen molar-refractivity contribution in [2.75, 3.05) is 32.8 Å². The molecule has 2 aliphatic rings. The summed E-state index contributed by atoms with van der Waals surface area (Å²) in [5, 5.41) is 3.41. The molecule has 116 valence electrons. The first-order valence-corrected chi connectivity index (χ1v) is 8.33. The second-order valence-electron chi connectivity index (χ2n) is 6.25. The Morgan fingerprint density at radius 2 is 1.90 bits per heavy atom.